The van der Waals surface area contributed by atoms with Gasteiger partial charge in [-0.05, 0) is 48.7 Å². The minimum absolute atomic E-state index is 0.176. The standard InChI is InChI=1S/C27H25FN2O4/c1-17-4-8-19(9-5-17)24-25(29-21-12-13-22(33-2)23(16-21)34-3)27(32)30(26(24)31)15-14-18-6-10-20(28)11-7-18/h4-13,16,29H,14-15H2,1-3H3. The summed E-state index contributed by atoms with van der Waals surface area (Å²) in [5.74, 6) is -0.0799. The van der Waals surface area contributed by atoms with Crippen LogP contribution in [0.4, 0.5) is 10.1 Å². The van der Waals surface area contributed by atoms with Crippen LogP contribution in [0.1, 0.15) is 16.7 Å². The minimum atomic E-state index is -0.419. The van der Waals surface area contributed by atoms with E-state index in [1.807, 2.05) is 31.2 Å². The van der Waals surface area contributed by atoms with Gasteiger partial charge in [0, 0.05) is 18.3 Å². The maximum Gasteiger partial charge on any atom is 0.278 e. The third-order valence-corrected chi connectivity index (χ3v) is 5.70. The molecule has 1 N–H and O–H groups in total. The molecule has 0 radical (unpaired) electrons. The summed E-state index contributed by atoms with van der Waals surface area (Å²) < 4.78 is 23.9. The van der Waals surface area contributed by atoms with Crippen LogP contribution in [0.5, 0.6) is 11.5 Å². The number of nitrogens with zero attached hydrogens (tertiary/aromatic N) is 1. The van der Waals surface area contributed by atoms with Crippen LogP contribution in [-0.4, -0.2) is 37.5 Å². The molecule has 34 heavy (non-hydrogen) atoms. The van der Waals surface area contributed by atoms with E-state index in [2.05, 4.69) is 5.32 Å². The summed E-state index contributed by atoms with van der Waals surface area (Å²) in [7, 11) is 3.07. The highest BCUT2D eigenvalue weighted by Crippen LogP contribution is 2.34. The first kappa shape index (κ1) is 23.0. The number of aryl methyl sites for hydroxylation is 1. The Labute approximate surface area is 197 Å². The van der Waals surface area contributed by atoms with Gasteiger partial charge in [-0.25, -0.2) is 4.39 Å². The van der Waals surface area contributed by atoms with Gasteiger partial charge in [0.2, 0.25) is 0 Å². The van der Waals surface area contributed by atoms with Crippen molar-refractivity contribution in [3.05, 3.63) is 94.9 Å². The summed E-state index contributed by atoms with van der Waals surface area (Å²) in [5.41, 5.74) is 3.61. The zero-order valence-corrected chi connectivity index (χ0v) is 19.2. The average molecular weight is 461 g/mol. The lowest BCUT2D eigenvalue weighted by Gasteiger charge is -2.16. The van der Waals surface area contributed by atoms with Crippen LogP contribution >= 0.6 is 0 Å². The molecule has 0 spiro atoms. The molecule has 0 unspecified atom stereocenters. The zero-order valence-electron chi connectivity index (χ0n) is 19.2. The fourth-order valence-electron chi connectivity index (χ4n) is 3.83. The maximum absolute atomic E-state index is 13.4. The van der Waals surface area contributed by atoms with Gasteiger partial charge in [0.1, 0.15) is 11.5 Å². The molecular formula is C27H25FN2O4. The third kappa shape index (κ3) is 4.64. The summed E-state index contributed by atoms with van der Waals surface area (Å²) in [6.45, 7) is 2.13. The molecule has 0 atom stereocenters. The Morgan fingerprint density at radius 3 is 2.18 bits per heavy atom. The van der Waals surface area contributed by atoms with Crippen molar-refractivity contribution in [2.45, 2.75) is 13.3 Å². The average Bonchev–Trinajstić information content (AvgIpc) is 3.08. The minimum Gasteiger partial charge on any atom is -0.493 e. The third-order valence-electron chi connectivity index (χ3n) is 5.70. The van der Waals surface area contributed by atoms with Gasteiger partial charge in [-0.2, -0.15) is 0 Å². The molecule has 1 aliphatic heterocycles. The van der Waals surface area contributed by atoms with Gasteiger partial charge in [0.05, 0.1) is 19.8 Å². The van der Waals surface area contributed by atoms with Gasteiger partial charge in [0.15, 0.2) is 11.5 Å². The molecule has 3 aromatic carbocycles. The first-order chi connectivity index (χ1) is 16.4. The van der Waals surface area contributed by atoms with Crippen LogP contribution in [0.2, 0.25) is 0 Å². The van der Waals surface area contributed by atoms with Crippen molar-refractivity contribution in [2.24, 2.45) is 0 Å². The molecule has 6 nitrogen and oxygen atoms in total. The molecule has 3 aromatic rings. The fraction of sp³-hybridized carbons (Fsp3) is 0.185. The van der Waals surface area contributed by atoms with Crippen molar-refractivity contribution < 1.29 is 23.5 Å². The largest absolute Gasteiger partial charge is 0.493 e. The van der Waals surface area contributed by atoms with Crippen LogP contribution in [0.3, 0.4) is 0 Å². The smallest absolute Gasteiger partial charge is 0.278 e. The second-order valence-electron chi connectivity index (χ2n) is 7.95. The molecule has 0 aromatic heterocycles. The Morgan fingerprint density at radius 2 is 1.53 bits per heavy atom. The highest BCUT2D eigenvalue weighted by Gasteiger charge is 2.39. The number of benzene rings is 3. The molecule has 1 heterocycles. The van der Waals surface area contributed by atoms with Gasteiger partial charge < -0.3 is 14.8 Å². The van der Waals surface area contributed by atoms with E-state index in [1.165, 1.54) is 24.1 Å². The quantitative estimate of drug-likeness (QED) is 0.498. The fourth-order valence-corrected chi connectivity index (χ4v) is 3.83. The summed E-state index contributed by atoms with van der Waals surface area (Å²) in [5, 5.41) is 3.13. The number of methoxy groups -OCH3 is 2. The molecule has 174 valence electrons. The second kappa shape index (κ2) is 9.79. The lowest BCUT2D eigenvalue weighted by molar-refractivity contribution is -0.136. The van der Waals surface area contributed by atoms with Gasteiger partial charge in [-0.15, -0.1) is 0 Å². The van der Waals surface area contributed by atoms with Crippen LogP contribution in [0, 0.1) is 12.7 Å². The van der Waals surface area contributed by atoms with Gasteiger partial charge >= 0.3 is 0 Å². The van der Waals surface area contributed by atoms with E-state index in [1.54, 1.807) is 37.4 Å². The highest BCUT2D eigenvalue weighted by molar-refractivity contribution is 6.36. The van der Waals surface area contributed by atoms with E-state index < -0.39 is 5.91 Å². The van der Waals surface area contributed by atoms with Gasteiger partial charge in [0.25, 0.3) is 11.8 Å². The Hall–Kier alpha value is -4.13. The van der Waals surface area contributed by atoms with Crippen molar-refractivity contribution in [1.29, 1.82) is 0 Å². The number of rotatable bonds is 8. The predicted molar refractivity (Wildman–Crippen MR) is 128 cm³/mol. The van der Waals surface area contributed by atoms with Gasteiger partial charge in [-0.3, -0.25) is 14.5 Å². The number of carbonyl (C=O) groups is 2. The lowest BCUT2D eigenvalue weighted by Crippen LogP contribution is -2.34. The van der Waals surface area contributed by atoms with E-state index in [4.69, 9.17) is 9.47 Å². The normalized spacial score (nSPS) is 13.5. The first-order valence-corrected chi connectivity index (χ1v) is 10.8. The highest BCUT2D eigenvalue weighted by atomic mass is 19.1. The van der Waals surface area contributed by atoms with E-state index in [0.717, 1.165) is 11.1 Å². The number of halogens is 1. The van der Waals surface area contributed by atoms with Crippen molar-refractivity contribution in [3.8, 4) is 11.5 Å². The number of ether oxygens (including phenoxy) is 2. The van der Waals surface area contributed by atoms with E-state index in [-0.39, 0.29) is 24.0 Å². The molecule has 0 fully saturated rings. The summed E-state index contributed by atoms with van der Waals surface area (Å²) in [4.78, 5) is 28.0. The summed E-state index contributed by atoms with van der Waals surface area (Å²) in [6.07, 6.45) is 0.419. The van der Waals surface area contributed by atoms with E-state index >= 15 is 0 Å². The summed E-state index contributed by atoms with van der Waals surface area (Å²) in [6, 6.07) is 18.7. The Morgan fingerprint density at radius 1 is 0.853 bits per heavy atom. The van der Waals surface area contributed by atoms with Crippen molar-refractivity contribution >= 4 is 23.1 Å². The lowest BCUT2D eigenvalue weighted by atomic mass is 10.0. The number of amides is 2. The first-order valence-electron chi connectivity index (χ1n) is 10.8. The number of carbonyl (C=O) groups excluding carboxylic acids is 2. The molecule has 2 amide bonds. The van der Waals surface area contributed by atoms with Crippen molar-refractivity contribution in [2.75, 3.05) is 26.1 Å². The topological polar surface area (TPSA) is 67.9 Å². The Bertz CT molecular complexity index is 1250. The van der Waals surface area contributed by atoms with E-state index in [9.17, 15) is 14.0 Å². The molecule has 0 saturated carbocycles. The van der Waals surface area contributed by atoms with Crippen LogP contribution in [0.15, 0.2) is 72.4 Å². The molecule has 1 aliphatic rings. The SMILES string of the molecule is COc1ccc(NC2=C(c3ccc(C)cc3)C(=O)N(CCc3ccc(F)cc3)C2=O)cc1OC. The van der Waals surface area contributed by atoms with Crippen LogP contribution in [-0.2, 0) is 16.0 Å². The number of imide groups is 1. The molecule has 0 bridgehead atoms. The summed E-state index contributed by atoms with van der Waals surface area (Å²) >= 11 is 0. The molecule has 7 heteroatoms. The van der Waals surface area contributed by atoms with Crippen molar-refractivity contribution in [3.63, 3.8) is 0 Å². The maximum atomic E-state index is 13.4. The number of hydrogen-bond donors (Lipinski definition) is 1. The number of hydrogen-bond acceptors (Lipinski definition) is 5. The Kier molecular flexibility index (Phi) is 6.63. The Balaban J connectivity index is 1.67. The zero-order chi connectivity index (χ0) is 24.2. The van der Waals surface area contributed by atoms with E-state index in [0.29, 0.717) is 34.7 Å². The molecule has 0 saturated heterocycles. The van der Waals surface area contributed by atoms with Crippen molar-refractivity contribution in [1.82, 2.24) is 4.90 Å². The predicted octanol–water partition coefficient (Wildman–Crippen LogP) is 4.59. The molecular weight excluding hydrogens is 435 g/mol. The number of nitrogens with one attached hydrogen (secondary N) is 1. The molecule has 0 aliphatic carbocycles. The van der Waals surface area contributed by atoms with Crippen LogP contribution < -0.4 is 14.8 Å². The second-order valence-corrected chi connectivity index (χ2v) is 7.95. The number of anilines is 1. The monoisotopic (exact) mass is 460 g/mol. The van der Waals surface area contributed by atoms with Gasteiger partial charge in [-0.1, -0.05) is 42.0 Å². The molecule has 4 rings (SSSR count). The van der Waals surface area contributed by atoms with Crippen LogP contribution in [0.25, 0.3) is 5.57 Å².